The molecule has 0 fully saturated rings. The molecule has 2 heterocycles. The molecule has 0 spiro atoms. The molecule has 0 saturated carbocycles. The van der Waals surface area contributed by atoms with Gasteiger partial charge in [0.25, 0.3) is 5.56 Å². The lowest BCUT2D eigenvalue weighted by Gasteiger charge is -2.20. The third-order valence-corrected chi connectivity index (χ3v) is 4.92. The van der Waals surface area contributed by atoms with E-state index in [0.717, 1.165) is 5.56 Å². The van der Waals surface area contributed by atoms with Crippen LogP contribution in [0.2, 0.25) is 0 Å². The molecule has 0 aliphatic carbocycles. The number of hydrogen-bond donors (Lipinski definition) is 1. The first kappa shape index (κ1) is 19.8. The number of hydrogen-bond acceptors (Lipinski definition) is 6. The molecule has 146 valence electrons. The molecule has 0 bridgehead atoms. The van der Waals surface area contributed by atoms with Crippen LogP contribution in [-0.2, 0) is 27.4 Å². The second kappa shape index (κ2) is 8.79. The van der Waals surface area contributed by atoms with Crippen molar-refractivity contribution in [2.45, 2.75) is 32.9 Å². The highest BCUT2D eigenvalue weighted by molar-refractivity contribution is 7.15. The lowest BCUT2D eigenvalue weighted by molar-refractivity contribution is -0.150. The zero-order valence-corrected chi connectivity index (χ0v) is 16.4. The third kappa shape index (κ3) is 4.83. The van der Waals surface area contributed by atoms with Gasteiger partial charge in [0.05, 0.1) is 12.1 Å². The van der Waals surface area contributed by atoms with Gasteiger partial charge in [-0.15, -0.1) is 11.3 Å². The van der Waals surface area contributed by atoms with E-state index >= 15 is 0 Å². The monoisotopic (exact) mass is 399 g/mol. The molecule has 28 heavy (non-hydrogen) atoms. The Morgan fingerprint density at radius 2 is 2.00 bits per heavy atom. The van der Waals surface area contributed by atoms with Gasteiger partial charge in [-0.05, 0) is 11.5 Å². The number of fused-ring (bicyclic) bond motifs is 1. The predicted molar refractivity (Wildman–Crippen MR) is 106 cm³/mol. The summed E-state index contributed by atoms with van der Waals surface area (Å²) in [5.74, 6) is -0.951. The van der Waals surface area contributed by atoms with Crippen molar-refractivity contribution < 1.29 is 14.3 Å². The van der Waals surface area contributed by atoms with E-state index in [2.05, 4.69) is 10.3 Å². The molecular formula is C20H21N3O4S. The molecule has 3 rings (SSSR count). The van der Waals surface area contributed by atoms with Gasteiger partial charge in [0.1, 0.15) is 12.6 Å². The minimum Gasteiger partial charge on any atom is -0.458 e. The summed E-state index contributed by atoms with van der Waals surface area (Å²) in [6.45, 7) is 3.54. The maximum absolute atomic E-state index is 12.5. The maximum atomic E-state index is 12.5. The van der Waals surface area contributed by atoms with Crippen molar-refractivity contribution in [1.82, 2.24) is 14.7 Å². The lowest BCUT2D eigenvalue weighted by atomic mass is 10.0. The summed E-state index contributed by atoms with van der Waals surface area (Å²) in [7, 11) is 0. The zero-order chi connectivity index (χ0) is 20.1. The van der Waals surface area contributed by atoms with Gasteiger partial charge in [0.15, 0.2) is 4.96 Å². The molecule has 3 aromatic rings. The van der Waals surface area contributed by atoms with Gasteiger partial charge < -0.3 is 10.1 Å². The smallest absolute Gasteiger partial charge is 0.329 e. The summed E-state index contributed by atoms with van der Waals surface area (Å²) in [5.41, 5.74) is 1.01. The third-order valence-electron chi connectivity index (χ3n) is 4.16. The standard InChI is InChI=1S/C20H21N3O4S/c1-13(2)18(22-16(24)10-14-6-4-3-5-7-14)19(26)27-12-15-11-17(25)23-8-9-28-20(23)21-15/h3-9,11,13,18H,10,12H2,1-2H3,(H,22,24)/t18-/m0/s1. The minimum absolute atomic E-state index is 0.125. The Morgan fingerprint density at radius 1 is 1.25 bits per heavy atom. The van der Waals surface area contributed by atoms with Crippen molar-refractivity contribution in [2.24, 2.45) is 5.92 Å². The number of esters is 1. The van der Waals surface area contributed by atoms with E-state index in [9.17, 15) is 14.4 Å². The summed E-state index contributed by atoms with van der Waals surface area (Å²) < 4.78 is 6.75. The van der Waals surface area contributed by atoms with Crippen LogP contribution in [0.5, 0.6) is 0 Å². The van der Waals surface area contributed by atoms with Gasteiger partial charge in [0, 0.05) is 17.6 Å². The Balaban J connectivity index is 1.62. The molecule has 0 saturated heterocycles. The lowest BCUT2D eigenvalue weighted by Crippen LogP contribution is -2.45. The van der Waals surface area contributed by atoms with Crippen LogP contribution < -0.4 is 10.9 Å². The van der Waals surface area contributed by atoms with Crippen molar-refractivity contribution in [3.63, 3.8) is 0 Å². The summed E-state index contributed by atoms with van der Waals surface area (Å²) in [6.07, 6.45) is 1.83. The minimum atomic E-state index is -0.775. The molecule has 1 aromatic carbocycles. The number of nitrogens with zero attached hydrogens (tertiary/aromatic N) is 2. The largest absolute Gasteiger partial charge is 0.458 e. The molecule has 8 heteroatoms. The Hall–Kier alpha value is -3.00. The first-order valence-corrected chi connectivity index (χ1v) is 9.77. The van der Waals surface area contributed by atoms with E-state index in [1.165, 1.54) is 21.8 Å². The summed E-state index contributed by atoms with van der Waals surface area (Å²) in [6, 6.07) is 9.87. The number of amides is 1. The molecule has 0 aliphatic rings. The topological polar surface area (TPSA) is 89.8 Å². The number of ether oxygens (including phenoxy) is 1. The van der Waals surface area contributed by atoms with Gasteiger partial charge in [-0.25, -0.2) is 9.78 Å². The summed E-state index contributed by atoms with van der Waals surface area (Å²) in [5, 5.41) is 4.50. The number of carbonyl (C=O) groups is 2. The van der Waals surface area contributed by atoms with Crippen molar-refractivity contribution in [3.8, 4) is 0 Å². The van der Waals surface area contributed by atoms with Crippen molar-refractivity contribution in [2.75, 3.05) is 0 Å². The fourth-order valence-electron chi connectivity index (χ4n) is 2.70. The van der Waals surface area contributed by atoms with Gasteiger partial charge >= 0.3 is 5.97 Å². The first-order chi connectivity index (χ1) is 13.4. The molecule has 1 amide bonds. The molecule has 2 aromatic heterocycles. The Labute approximate surface area is 166 Å². The number of rotatable bonds is 7. The van der Waals surface area contributed by atoms with Crippen LogP contribution in [0, 0.1) is 5.92 Å². The molecular weight excluding hydrogens is 378 g/mol. The van der Waals surface area contributed by atoms with E-state index in [1.807, 2.05) is 44.2 Å². The van der Waals surface area contributed by atoms with E-state index < -0.39 is 12.0 Å². The van der Waals surface area contributed by atoms with Gasteiger partial charge in [0.2, 0.25) is 5.91 Å². The van der Waals surface area contributed by atoms with Crippen LogP contribution in [0.3, 0.4) is 0 Å². The SMILES string of the molecule is CC(C)[C@H](NC(=O)Cc1ccccc1)C(=O)OCc1cc(=O)n2ccsc2n1. The number of benzene rings is 1. The van der Waals surface area contributed by atoms with Crippen molar-refractivity contribution >= 4 is 28.2 Å². The van der Waals surface area contributed by atoms with Crippen molar-refractivity contribution in [1.29, 1.82) is 0 Å². The number of thiazole rings is 1. The average molecular weight is 399 g/mol. The van der Waals surface area contributed by atoms with Gasteiger partial charge in [-0.1, -0.05) is 44.2 Å². The van der Waals surface area contributed by atoms with Crippen LogP contribution in [0.1, 0.15) is 25.1 Å². The first-order valence-electron chi connectivity index (χ1n) is 8.90. The highest BCUT2D eigenvalue weighted by Gasteiger charge is 2.26. The molecule has 1 atom stereocenters. The van der Waals surface area contributed by atoms with Crippen LogP contribution >= 0.6 is 11.3 Å². The second-order valence-corrected chi connectivity index (χ2v) is 7.57. The number of carbonyl (C=O) groups excluding carboxylic acids is 2. The zero-order valence-electron chi connectivity index (χ0n) is 15.6. The van der Waals surface area contributed by atoms with Crippen LogP contribution in [0.15, 0.2) is 52.8 Å². The van der Waals surface area contributed by atoms with E-state index in [1.54, 1.807) is 11.6 Å². The second-order valence-electron chi connectivity index (χ2n) is 6.70. The number of aromatic nitrogens is 2. The van der Waals surface area contributed by atoms with Crippen LogP contribution in [0.25, 0.3) is 4.96 Å². The van der Waals surface area contributed by atoms with Crippen molar-refractivity contribution in [3.05, 3.63) is 69.6 Å². The molecule has 0 aliphatic heterocycles. The Bertz CT molecular complexity index is 1030. The summed E-state index contributed by atoms with van der Waals surface area (Å²) >= 11 is 1.32. The quantitative estimate of drug-likeness (QED) is 0.615. The summed E-state index contributed by atoms with van der Waals surface area (Å²) in [4.78, 5) is 41.6. The van der Waals surface area contributed by atoms with Crippen LogP contribution in [-0.4, -0.2) is 27.3 Å². The normalized spacial score (nSPS) is 12.1. The molecule has 7 nitrogen and oxygen atoms in total. The number of nitrogens with one attached hydrogen (secondary N) is 1. The maximum Gasteiger partial charge on any atom is 0.329 e. The van der Waals surface area contributed by atoms with Gasteiger partial charge in [-0.3, -0.25) is 14.0 Å². The fourth-order valence-corrected chi connectivity index (χ4v) is 3.44. The average Bonchev–Trinajstić information content (AvgIpc) is 3.14. The predicted octanol–water partition coefficient (Wildman–Crippen LogP) is 2.18. The van der Waals surface area contributed by atoms with Crippen LogP contribution in [0.4, 0.5) is 0 Å². The van der Waals surface area contributed by atoms with Gasteiger partial charge in [-0.2, -0.15) is 0 Å². The Morgan fingerprint density at radius 3 is 2.71 bits per heavy atom. The van der Waals surface area contributed by atoms with E-state index in [4.69, 9.17) is 4.74 Å². The highest BCUT2D eigenvalue weighted by atomic mass is 32.1. The highest BCUT2D eigenvalue weighted by Crippen LogP contribution is 2.10. The molecule has 0 unspecified atom stereocenters. The molecule has 0 radical (unpaired) electrons. The van der Waals surface area contributed by atoms with E-state index in [-0.39, 0.29) is 30.4 Å². The van der Waals surface area contributed by atoms with E-state index in [0.29, 0.717) is 10.7 Å². The Kier molecular flexibility index (Phi) is 6.20. The molecule has 1 N–H and O–H groups in total. The fraction of sp³-hybridized carbons (Fsp3) is 0.300.